The Bertz CT molecular complexity index is 382. The molecule has 100 valence electrons. The molecule has 0 bridgehead atoms. The van der Waals surface area contributed by atoms with Crippen molar-refractivity contribution in [3.05, 3.63) is 35.4 Å². The van der Waals surface area contributed by atoms with E-state index >= 15 is 0 Å². The van der Waals surface area contributed by atoms with Gasteiger partial charge in [0, 0.05) is 6.61 Å². The molecule has 0 radical (unpaired) electrons. The number of rotatable bonds is 5. The molecule has 0 heterocycles. The molecule has 1 aromatic rings. The second-order valence-corrected chi connectivity index (χ2v) is 5.34. The largest absolute Gasteiger partial charge is 0.373 e. The van der Waals surface area contributed by atoms with Gasteiger partial charge in [0.1, 0.15) is 0 Å². The summed E-state index contributed by atoms with van der Waals surface area (Å²) >= 11 is 0. The van der Waals surface area contributed by atoms with Crippen molar-refractivity contribution in [3.8, 4) is 0 Å². The molecule has 0 aliphatic heterocycles. The Morgan fingerprint density at radius 1 is 1.33 bits per heavy atom. The van der Waals surface area contributed by atoms with E-state index in [4.69, 9.17) is 4.74 Å². The molecule has 18 heavy (non-hydrogen) atoms. The van der Waals surface area contributed by atoms with E-state index in [-0.39, 0.29) is 5.60 Å². The van der Waals surface area contributed by atoms with Crippen molar-refractivity contribution in [2.75, 3.05) is 13.7 Å². The van der Waals surface area contributed by atoms with E-state index in [9.17, 15) is 0 Å². The summed E-state index contributed by atoms with van der Waals surface area (Å²) < 4.78 is 6.18. The smallest absolute Gasteiger partial charge is 0.0876 e. The lowest BCUT2D eigenvalue weighted by Crippen LogP contribution is -2.43. The van der Waals surface area contributed by atoms with Crippen molar-refractivity contribution in [2.45, 2.75) is 51.2 Å². The molecule has 1 N–H and O–H groups in total. The number of ether oxygens (including phenoxy) is 1. The molecule has 0 aromatic heterocycles. The molecule has 0 amide bonds. The van der Waals surface area contributed by atoms with Gasteiger partial charge >= 0.3 is 0 Å². The van der Waals surface area contributed by atoms with Crippen LogP contribution in [0.1, 0.15) is 49.8 Å². The molecule has 0 spiro atoms. The number of likely N-dealkylation sites (N-methyl/N-ethyl adjacent to an activating group) is 1. The van der Waals surface area contributed by atoms with Gasteiger partial charge in [-0.2, -0.15) is 0 Å². The first kappa shape index (κ1) is 13.6. The van der Waals surface area contributed by atoms with E-state index in [0.717, 1.165) is 6.61 Å². The van der Waals surface area contributed by atoms with Gasteiger partial charge in [0.25, 0.3) is 0 Å². The third kappa shape index (κ3) is 2.60. The van der Waals surface area contributed by atoms with Crippen LogP contribution < -0.4 is 5.32 Å². The van der Waals surface area contributed by atoms with Crippen molar-refractivity contribution in [1.82, 2.24) is 5.32 Å². The van der Waals surface area contributed by atoms with Gasteiger partial charge < -0.3 is 10.1 Å². The van der Waals surface area contributed by atoms with Crippen LogP contribution in [0.25, 0.3) is 0 Å². The SMILES string of the molecule is CCOC1(C(NC)c2cccc(C)c2)CCCC1. The highest BCUT2D eigenvalue weighted by Gasteiger charge is 2.42. The minimum absolute atomic E-state index is 0.00269. The van der Waals surface area contributed by atoms with Gasteiger partial charge in [-0.15, -0.1) is 0 Å². The zero-order valence-corrected chi connectivity index (χ0v) is 11.8. The molecular formula is C16H25NO. The minimum Gasteiger partial charge on any atom is -0.373 e. The van der Waals surface area contributed by atoms with Gasteiger partial charge in [-0.1, -0.05) is 42.7 Å². The minimum atomic E-state index is -0.00269. The normalized spacial score (nSPS) is 19.9. The highest BCUT2D eigenvalue weighted by atomic mass is 16.5. The Morgan fingerprint density at radius 3 is 2.61 bits per heavy atom. The van der Waals surface area contributed by atoms with Crippen molar-refractivity contribution in [2.24, 2.45) is 0 Å². The molecule has 2 nitrogen and oxygen atoms in total. The molecule has 1 aliphatic rings. The zero-order valence-electron chi connectivity index (χ0n) is 11.8. The molecule has 1 atom stereocenters. The van der Waals surface area contributed by atoms with Gasteiger partial charge in [-0.3, -0.25) is 0 Å². The summed E-state index contributed by atoms with van der Waals surface area (Å²) in [5.74, 6) is 0. The van der Waals surface area contributed by atoms with Gasteiger partial charge in [0.15, 0.2) is 0 Å². The highest BCUT2D eigenvalue weighted by Crippen LogP contribution is 2.42. The van der Waals surface area contributed by atoms with Gasteiger partial charge in [0.2, 0.25) is 0 Å². The maximum absolute atomic E-state index is 6.18. The maximum atomic E-state index is 6.18. The van der Waals surface area contributed by atoms with Crippen LogP contribution in [0.3, 0.4) is 0 Å². The second kappa shape index (κ2) is 5.85. The average Bonchev–Trinajstić information content (AvgIpc) is 2.80. The van der Waals surface area contributed by atoms with Crippen LogP contribution in [0.2, 0.25) is 0 Å². The summed E-state index contributed by atoms with van der Waals surface area (Å²) in [7, 11) is 2.05. The summed E-state index contributed by atoms with van der Waals surface area (Å²) in [6.45, 7) is 5.05. The molecule has 2 heteroatoms. The molecule has 1 aliphatic carbocycles. The number of aryl methyl sites for hydroxylation is 1. The van der Waals surface area contributed by atoms with E-state index in [1.54, 1.807) is 0 Å². The van der Waals surface area contributed by atoms with E-state index < -0.39 is 0 Å². The summed E-state index contributed by atoms with van der Waals surface area (Å²) in [5, 5.41) is 3.49. The van der Waals surface area contributed by atoms with Crippen LogP contribution in [0, 0.1) is 6.92 Å². The Hall–Kier alpha value is -0.860. The quantitative estimate of drug-likeness (QED) is 0.858. The van der Waals surface area contributed by atoms with Crippen LogP contribution in [0.5, 0.6) is 0 Å². The predicted octanol–water partition coefficient (Wildman–Crippen LogP) is 3.60. The van der Waals surface area contributed by atoms with Gasteiger partial charge in [-0.25, -0.2) is 0 Å². The predicted molar refractivity (Wildman–Crippen MR) is 75.8 cm³/mol. The van der Waals surface area contributed by atoms with Gasteiger partial charge in [0.05, 0.1) is 11.6 Å². The summed E-state index contributed by atoms with van der Waals surface area (Å²) in [6.07, 6.45) is 4.90. The topological polar surface area (TPSA) is 21.3 Å². The fraction of sp³-hybridized carbons (Fsp3) is 0.625. The van der Waals surface area contributed by atoms with Crippen LogP contribution in [0.15, 0.2) is 24.3 Å². The fourth-order valence-corrected chi connectivity index (χ4v) is 3.36. The molecule has 2 rings (SSSR count). The monoisotopic (exact) mass is 247 g/mol. The maximum Gasteiger partial charge on any atom is 0.0876 e. The van der Waals surface area contributed by atoms with Crippen molar-refractivity contribution in [3.63, 3.8) is 0 Å². The lowest BCUT2D eigenvalue weighted by Gasteiger charge is -2.37. The zero-order chi connectivity index (χ0) is 13.0. The Morgan fingerprint density at radius 2 is 2.06 bits per heavy atom. The standard InChI is InChI=1S/C16H25NO/c1-4-18-16(10-5-6-11-16)15(17-3)14-9-7-8-13(2)12-14/h7-9,12,15,17H,4-6,10-11H2,1-3H3. The van der Waals surface area contributed by atoms with E-state index in [2.05, 4.69) is 43.4 Å². The van der Waals surface area contributed by atoms with Crippen molar-refractivity contribution < 1.29 is 4.74 Å². The number of nitrogens with one attached hydrogen (secondary N) is 1. The Balaban J connectivity index is 2.31. The molecule has 1 unspecified atom stereocenters. The van der Waals surface area contributed by atoms with E-state index in [1.165, 1.54) is 36.8 Å². The van der Waals surface area contributed by atoms with Crippen molar-refractivity contribution >= 4 is 0 Å². The summed E-state index contributed by atoms with van der Waals surface area (Å²) in [5.41, 5.74) is 2.67. The van der Waals surface area contributed by atoms with E-state index in [0.29, 0.717) is 6.04 Å². The molecular weight excluding hydrogens is 222 g/mol. The van der Waals surface area contributed by atoms with Crippen LogP contribution >= 0.6 is 0 Å². The lowest BCUT2D eigenvalue weighted by molar-refractivity contribution is -0.0610. The van der Waals surface area contributed by atoms with Crippen LogP contribution in [-0.2, 0) is 4.74 Å². The van der Waals surface area contributed by atoms with Crippen LogP contribution in [0.4, 0.5) is 0 Å². The number of benzene rings is 1. The Kier molecular flexibility index (Phi) is 4.41. The summed E-state index contributed by atoms with van der Waals surface area (Å²) in [6, 6.07) is 9.09. The first-order chi connectivity index (χ1) is 8.72. The molecule has 0 saturated heterocycles. The average molecular weight is 247 g/mol. The van der Waals surface area contributed by atoms with Crippen LogP contribution in [-0.4, -0.2) is 19.3 Å². The highest BCUT2D eigenvalue weighted by molar-refractivity contribution is 5.28. The number of hydrogen-bond acceptors (Lipinski definition) is 2. The fourth-order valence-electron chi connectivity index (χ4n) is 3.36. The third-order valence-electron chi connectivity index (χ3n) is 4.07. The second-order valence-electron chi connectivity index (χ2n) is 5.34. The third-order valence-corrected chi connectivity index (χ3v) is 4.07. The van der Waals surface area contributed by atoms with E-state index in [1.807, 2.05) is 7.05 Å². The molecule has 1 aromatic carbocycles. The van der Waals surface area contributed by atoms with Gasteiger partial charge in [-0.05, 0) is 39.3 Å². The first-order valence-corrected chi connectivity index (χ1v) is 7.09. The number of hydrogen-bond donors (Lipinski definition) is 1. The Labute approximate surface area is 111 Å². The summed E-state index contributed by atoms with van der Waals surface area (Å²) in [4.78, 5) is 0. The molecule has 1 saturated carbocycles. The lowest BCUT2D eigenvalue weighted by atomic mass is 9.86. The van der Waals surface area contributed by atoms with Crippen molar-refractivity contribution in [1.29, 1.82) is 0 Å². The molecule has 1 fully saturated rings. The first-order valence-electron chi connectivity index (χ1n) is 7.09.